The van der Waals surface area contributed by atoms with Gasteiger partial charge in [-0.1, -0.05) is 0 Å². The molecule has 6 heteroatoms. The van der Waals surface area contributed by atoms with E-state index in [4.69, 9.17) is 9.47 Å². The van der Waals surface area contributed by atoms with Crippen molar-refractivity contribution in [3.8, 4) is 22.8 Å². The van der Waals surface area contributed by atoms with Crippen LogP contribution in [0.4, 0.5) is 11.6 Å². The molecular formula is C22H18N4O2. The second kappa shape index (κ2) is 7.08. The summed E-state index contributed by atoms with van der Waals surface area (Å²) in [5.74, 6) is 2.15. The Morgan fingerprint density at radius 1 is 0.786 bits per heavy atom. The average Bonchev–Trinajstić information content (AvgIpc) is 3.15. The molecule has 0 unspecified atom stereocenters. The van der Waals surface area contributed by atoms with Crippen LogP contribution in [0.1, 0.15) is 0 Å². The molecule has 0 radical (unpaired) electrons. The zero-order valence-corrected chi connectivity index (χ0v) is 15.1. The van der Waals surface area contributed by atoms with Crippen LogP contribution in [0.3, 0.4) is 0 Å². The second-order valence-electron chi connectivity index (χ2n) is 6.40. The van der Waals surface area contributed by atoms with Crippen molar-refractivity contribution in [1.29, 1.82) is 0 Å². The minimum atomic E-state index is 0.490. The molecule has 2 aromatic carbocycles. The fraction of sp³-hybridized carbons (Fsp3) is 0.0909. The first-order chi connectivity index (χ1) is 13.8. The highest BCUT2D eigenvalue weighted by Gasteiger charge is 2.08. The van der Waals surface area contributed by atoms with Crippen molar-refractivity contribution in [2.75, 3.05) is 18.5 Å². The molecule has 0 aliphatic carbocycles. The minimum absolute atomic E-state index is 0.490. The second-order valence-corrected chi connectivity index (χ2v) is 6.40. The van der Waals surface area contributed by atoms with Gasteiger partial charge in [0.25, 0.3) is 0 Å². The number of hydrogen-bond acceptors (Lipinski definition) is 5. The van der Waals surface area contributed by atoms with Crippen LogP contribution in [0.25, 0.3) is 16.8 Å². The van der Waals surface area contributed by atoms with Crippen molar-refractivity contribution in [2.24, 2.45) is 0 Å². The molecule has 6 nitrogen and oxygen atoms in total. The first-order valence-electron chi connectivity index (χ1n) is 9.08. The number of nitrogens with one attached hydrogen (secondary N) is 1. The molecule has 0 atom stereocenters. The normalized spacial score (nSPS) is 14.6. The third-order valence-corrected chi connectivity index (χ3v) is 4.52. The van der Waals surface area contributed by atoms with E-state index in [1.807, 2.05) is 83.5 Å². The highest BCUT2D eigenvalue weighted by molar-refractivity contribution is 5.67. The molecule has 4 aromatic rings. The van der Waals surface area contributed by atoms with Gasteiger partial charge in [-0.15, -0.1) is 5.10 Å². The van der Waals surface area contributed by atoms with Crippen LogP contribution in [0.5, 0.6) is 11.5 Å². The van der Waals surface area contributed by atoms with Crippen LogP contribution in [0.2, 0.25) is 0 Å². The molecule has 4 aliphatic rings. The summed E-state index contributed by atoms with van der Waals surface area (Å²) < 4.78 is 13.4. The van der Waals surface area contributed by atoms with Crippen LogP contribution in [0, 0.1) is 0 Å². The molecule has 0 fully saturated rings. The SMILES string of the molecule is C1=C\COc2ccc(cc2)-c2ccc3cnc(nn23)Nc2ccc(cc2)OC/1. The van der Waals surface area contributed by atoms with Crippen LogP contribution in [-0.2, 0) is 0 Å². The Morgan fingerprint density at radius 3 is 2.18 bits per heavy atom. The van der Waals surface area contributed by atoms with Gasteiger partial charge in [0.2, 0.25) is 5.95 Å². The Kier molecular flexibility index (Phi) is 4.14. The van der Waals surface area contributed by atoms with Crippen LogP contribution in [-0.4, -0.2) is 27.8 Å². The topological polar surface area (TPSA) is 60.7 Å². The van der Waals surface area contributed by atoms with Crippen molar-refractivity contribution < 1.29 is 9.47 Å². The quantitative estimate of drug-likeness (QED) is 0.463. The lowest BCUT2D eigenvalue weighted by molar-refractivity contribution is 0.350. The molecule has 0 saturated heterocycles. The van der Waals surface area contributed by atoms with Gasteiger partial charge in [-0.2, -0.15) is 0 Å². The van der Waals surface area contributed by atoms with Gasteiger partial charge >= 0.3 is 0 Å². The number of benzene rings is 2. The highest BCUT2D eigenvalue weighted by atomic mass is 16.5. The van der Waals surface area contributed by atoms with E-state index in [1.165, 1.54) is 0 Å². The molecule has 0 spiro atoms. The Morgan fingerprint density at radius 2 is 1.46 bits per heavy atom. The molecule has 138 valence electrons. The van der Waals surface area contributed by atoms with Gasteiger partial charge < -0.3 is 14.8 Å². The number of nitrogens with zero attached hydrogens (tertiary/aromatic N) is 3. The molecule has 0 amide bonds. The van der Waals surface area contributed by atoms with Gasteiger partial charge in [-0.3, -0.25) is 0 Å². The van der Waals surface area contributed by atoms with E-state index in [0.29, 0.717) is 19.2 Å². The predicted molar refractivity (Wildman–Crippen MR) is 108 cm³/mol. The van der Waals surface area contributed by atoms with E-state index in [9.17, 15) is 0 Å². The summed E-state index contributed by atoms with van der Waals surface area (Å²) in [4.78, 5) is 4.41. The first-order valence-corrected chi connectivity index (χ1v) is 9.08. The summed E-state index contributed by atoms with van der Waals surface area (Å²) in [5.41, 5.74) is 3.88. The van der Waals surface area contributed by atoms with Crippen molar-refractivity contribution in [1.82, 2.24) is 14.6 Å². The minimum Gasteiger partial charge on any atom is -0.490 e. The zero-order chi connectivity index (χ0) is 18.8. The number of anilines is 2. The molecule has 28 heavy (non-hydrogen) atoms. The largest absolute Gasteiger partial charge is 0.490 e. The summed E-state index contributed by atoms with van der Waals surface area (Å²) in [6.07, 6.45) is 5.71. The zero-order valence-electron chi connectivity index (χ0n) is 15.1. The average molecular weight is 370 g/mol. The fourth-order valence-electron chi connectivity index (χ4n) is 3.09. The number of aromatic nitrogens is 3. The smallest absolute Gasteiger partial charge is 0.245 e. The number of ether oxygens (including phenoxy) is 2. The van der Waals surface area contributed by atoms with Crippen LogP contribution in [0.15, 0.2) is 79.0 Å². The third-order valence-electron chi connectivity index (χ3n) is 4.52. The Balaban J connectivity index is 1.57. The summed E-state index contributed by atoms with van der Waals surface area (Å²) in [6.45, 7) is 0.987. The maximum atomic E-state index is 5.76. The first kappa shape index (κ1) is 16.4. The molecule has 4 aliphatic heterocycles. The van der Waals surface area contributed by atoms with Crippen LogP contribution >= 0.6 is 0 Å². The molecular weight excluding hydrogens is 352 g/mol. The number of rotatable bonds is 0. The third kappa shape index (κ3) is 3.27. The van der Waals surface area contributed by atoms with Crippen molar-refractivity contribution in [3.05, 3.63) is 79.0 Å². The van der Waals surface area contributed by atoms with E-state index in [2.05, 4.69) is 15.4 Å². The van der Waals surface area contributed by atoms with Gasteiger partial charge in [0.1, 0.15) is 24.7 Å². The summed E-state index contributed by atoms with van der Waals surface area (Å²) in [7, 11) is 0. The number of hydrogen-bond donors (Lipinski definition) is 1. The molecule has 0 saturated carbocycles. The van der Waals surface area contributed by atoms with E-state index in [-0.39, 0.29) is 0 Å². The monoisotopic (exact) mass is 370 g/mol. The Hall–Kier alpha value is -3.80. The fourth-order valence-corrected chi connectivity index (χ4v) is 3.09. The lowest BCUT2D eigenvalue weighted by Gasteiger charge is -2.08. The standard InChI is InChI=1S/C22H18N4O2/c1-2-14-28-20-10-5-17(6-11-20)24-22-23-15-18-7-12-21(26(18)25-22)16-3-8-19(9-4-16)27-13-1/h1-12,15H,13-14H2,(H,24,25)/b2-1-. The Labute approximate surface area is 162 Å². The summed E-state index contributed by atoms with van der Waals surface area (Å²) in [5, 5.41) is 7.90. The van der Waals surface area contributed by atoms with Gasteiger partial charge in [0.15, 0.2) is 0 Å². The van der Waals surface area contributed by atoms with Gasteiger partial charge in [0, 0.05) is 11.3 Å². The van der Waals surface area contributed by atoms with E-state index in [1.54, 1.807) is 0 Å². The maximum Gasteiger partial charge on any atom is 0.245 e. The Bertz CT molecular complexity index is 1130. The molecule has 6 heterocycles. The van der Waals surface area contributed by atoms with Crippen molar-refractivity contribution in [3.63, 3.8) is 0 Å². The lowest BCUT2D eigenvalue weighted by Crippen LogP contribution is -2.02. The van der Waals surface area contributed by atoms with Gasteiger partial charge in [-0.25, -0.2) is 9.50 Å². The van der Waals surface area contributed by atoms with E-state index < -0.39 is 0 Å². The highest BCUT2D eigenvalue weighted by Crippen LogP contribution is 2.25. The van der Waals surface area contributed by atoms with Crippen molar-refractivity contribution in [2.45, 2.75) is 0 Å². The maximum absolute atomic E-state index is 5.76. The van der Waals surface area contributed by atoms with Gasteiger partial charge in [0.05, 0.1) is 17.4 Å². The lowest BCUT2D eigenvalue weighted by atomic mass is 10.1. The molecule has 2 aromatic heterocycles. The van der Waals surface area contributed by atoms with Crippen molar-refractivity contribution >= 4 is 17.2 Å². The molecule has 6 bridgehead atoms. The summed E-state index contributed by atoms with van der Waals surface area (Å²) >= 11 is 0. The molecule has 8 rings (SSSR count). The van der Waals surface area contributed by atoms with E-state index in [0.717, 1.165) is 34.0 Å². The van der Waals surface area contributed by atoms with E-state index >= 15 is 0 Å². The molecule has 1 N–H and O–H groups in total. The summed E-state index contributed by atoms with van der Waals surface area (Å²) in [6, 6.07) is 19.8. The van der Waals surface area contributed by atoms with Gasteiger partial charge in [-0.05, 0) is 72.8 Å². The predicted octanol–water partition coefficient (Wildman–Crippen LogP) is 4.47. The van der Waals surface area contributed by atoms with Crippen LogP contribution < -0.4 is 14.8 Å².